The molecule has 6 heteroatoms. The zero-order chi connectivity index (χ0) is 20.2. The predicted molar refractivity (Wildman–Crippen MR) is 109 cm³/mol. The minimum Gasteiger partial charge on any atom is -0.349 e. The number of nitrogens with zero attached hydrogens (tertiary/aromatic N) is 1. The summed E-state index contributed by atoms with van der Waals surface area (Å²) in [4.78, 5) is 12.7. The predicted octanol–water partition coefficient (Wildman–Crippen LogP) is 3.92. The van der Waals surface area contributed by atoms with Crippen LogP contribution < -0.4 is 9.62 Å². The van der Waals surface area contributed by atoms with E-state index >= 15 is 0 Å². The molecule has 2 rings (SSSR count). The van der Waals surface area contributed by atoms with Gasteiger partial charge in [0.1, 0.15) is 0 Å². The van der Waals surface area contributed by atoms with Crippen molar-refractivity contribution in [2.75, 3.05) is 11.4 Å². The van der Waals surface area contributed by atoms with Crippen molar-refractivity contribution in [1.29, 1.82) is 0 Å². The van der Waals surface area contributed by atoms with Gasteiger partial charge in [0.25, 0.3) is 15.9 Å². The summed E-state index contributed by atoms with van der Waals surface area (Å²) in [6.45, 7) is 8.32. The smallest absolute Gasteiger partial charge is 0.264 e. The Morgan fingerprint density at radius 3 is 1.89 bits per heavy atom. The Morgan fingerprint density at radius 1 is 0.889 bits per heavy atom. The van der Waals surface area contributed by atoms with Gasteiger partial charge in [0.2, 0.25) is 0 Å². The molecule has 1 amide bonds. The van der Waals surface area contributed by atoms with Crippen LogP contribution in [0.15, 0.2) is 59.5 Å². The van der Waals surface area contributed by atoms with E-state index in [1.54, 1.807) is 54.6 Å². The minimum absolute atomic E-state index is 0.0818. The molecule has 0 aliphatic carbocycles. The van der Waals surface area contributed by atoms with Crippen LogP contribution in [0.2, 0.25) is 0 Å². The van der Waals surface area contributed by atoms with Crippen molar-refractivity contribution in [1.82, 2.24) is 5.32 Å². The standard InChI is InChI=1S/C21H28N2O3S/c1-15(2)20(16(3)4)22-21(24)17-11-13-18(14-12-17)23(5)27(25,26)19-9-7-6-8-10-19/h6-16,20H,1-5H3,(H,22,24). The summed E-state index contributed by atoms with van der Waals surface area (Å²) in [5.41, 5.74) is 1.01. The number of hydrogen-bond donors (Lipinski definition) is 1. The second kappa shape index (κ2) is 8.57. The summed E-state index contributed by atoms with van der Waals surface area (Å²) in [7, 11) is -2.13. The first-order chi connectivity index (χ1) is 12.6. The molecule has 2 aromatic rings. The maximum atomic E-state index is 12.7. The largest absolute Gasteiger partial charge is 0.349 e. The van der Waals surface area contributed by atoms with Crippen LogP contribution >= 0.6 is 0 Å². The first kappa shape index (κ1) is 21.0. The average Bonchev–Trinajstić information content (AvgIpc) is 2.65. The number of sulfonamides is 1. The van der Waals surface area contributed by atoms with Gasteiger partial charge < -0.3 is 5.32 Å². The molecule has 0 atom stereocenters. The number of anilines is 1. The Labute approximate surface area is 162 Å². The fourth-order valence-corrected chi connectivity index (χ4v) is 4.27. The van der Waals surface area contributed by atoms with Crippen LogP contribution in [0.3, 0.4) is 0 Å². The summed E-state index contributed by atoms with van der Waals surface area (Å²) in [6, 6.07) is 15.0. The maximum Gasteiger partial charge on any atom is 0.264 e. The zero-order valence-corrected chi connectivity index (χ0v) is 17.3. The fraction of sp³-hybridized carbons (Fsp3) is 0.381. The van der Waals surface area contributed by atoms with E-state index in [2.05, 4.69) is 33.0 Å². The average molecular weight is 389 g/mol. The lowest BCUT2D eigenvalue weighted by atomic mass is 9.93. The molecule has 0 saturated heterocycles. The van der Waals surface area contributed by atoms with Gasteiger partial charge in [0.15, 0.2) is 0 Å². The van der Waals surface area contributed by atoms with E-state index in [1.165, 1.54) is 11.4 Å². The van der Waals surface area contributed by atoms with Crippen LogP contribution in [0.25, 0.3) is 0 Å². The van der Waals surface area contributed by atoms with Crippen LogP contribution in [-0.4, -0.2) is 27.4 Å². The monoisotopic (exact) mass is 388 g/mol. The molecule has 1 N–H and O–H groups in total. The molecule has 0 aromatic heterocycles. The summed E-state index contributed by atoms with van der Waals surface area (Å²) in [5.74, 6) is 0.508. The highest BCUT2D eigenvalue weighted by atomic mass is 32.2. The molecule has 0 aliphatic rings. The van der Waals surface area contributed by atoms with Crippen molar-refractivity contribution in [3.05, 3.63) is 60.2 Å². The molecule has 0 spiro atoms. The number of carbonyl (C=O) groups is 1. The van der Waals surface area contributed by atoms with E-state index in [9.17, 15) is 13.2 Å². The second-order valence-electron chi connectivity index (χ2n) is 7.32. The summed E-state index contributed by atoms with van der Waals surface area (Å²) in [6.07, 6.45) is 0. The molecule has 0 radical (unpaired) electrons. The molecule has 0 unspecified atom stereocenters. The number of rotatable bonds is 7. The SMILES string of the molecule is CC(C)C(NC(=O)c1ccc(N(C)S(=O)(=O)c2ccccc2)cc1)C(C)C. The van der Waals surface area contributed by atoms with Crippen molar-refractivity contribution >= 4 is 21.6 Å². The highest BCUT2D eigenvalue weighted by molar-refractivity contribution is 7.92. The van der Waals surface area contributed by atoms with Crippen LogP contribution in [-0.2, 0) is 10.0 Å². The van der Waals surface area contributed by atoms with Crippen LogP contribution in [0.5, 0.6) is 0 Å². The fourth-order valence-electron chi connectivity index (χ4n) is 3.05. The number of hydrogen-bond acceptors (Lipinski definition) is 3. The number of amides is 1. The maximum absolute atomic E-state index is 12.7. The van der Waals surface area contributed by atoms with Gasteiger partial charge in [-0.15, -0.1) is 0 Å². The van der Waals surface area contributed by atoms with Gasteiger partial charge in [-0.3, -0.25) is 9.10 Å². The Balaban J connectivity index is 2.18. The molecule has 0 fully saturated rings. The third kappa shape index (κ3) is 4.89. The van der Waals surface area contributed by atoms with Gasteiger partial charge >= 0.3 is 0 Å². The van der Waals surface area contributed by atoms with Crippen LogP contribution in [0.1, 0.15) is 38.1 Å². The quantitative estimate of drug-likeness (QED) is 0.782. The first-order valence-electron chi connectivity index (χ1n) is 9.09. The summed E-state index contributed by atoms with van der Waals surface area (Å²) >= 11 is 0. The van der Waals surface area contributed by atoms with Crippen LogP contribution in [0, 0.1) is 11.8 Å². The topological polar surface area (TPSA) is 66.5 Å². The molecular formula is C21H28N2O3S. The van der Waals surface area contributed by atoms with Gasteiger partial charge in [-0.1, -0.05) is 45.9 Å². The molecule has 27 heavy (non-hydrogen) atoms. The van der Waals surface area contributed by atoms with Crippen molar-refractivity contribution in [3.63, 3.8) is 0 Å². The zero-order valence-electron chi connectivity index (χ0n) is 16.5. The third-order valence-corrected chi connectivity index (χ3v) is 6.43. The normalized spacial score (nSPS) is 11.9. The van der Waals surface area contributed by atoms with Gasteiger partial charge in [-0.2, -0.15) is 0 Å². The van der Waals surface area contributed by atoms with Crippen molar-refractivity contribution in [2.24, 2.45) is 11.8 Å². The van der Waals surface area contributed by atoms with Crippen molar-refractivity contribution in [3.8, 4) is 0 Å². The number of carbonyl (C=O) groups excluding carboxylic acids is 1. The van der Waals surface area contributed by atoms with E-state index in [1.807, 2.05) is 0 Å². The molecule has 0 aliphatic heterocycles. The third-order valence-electron chi connectivity index (χ3n) is 4.63. The number of nitrogens with one attached hydrogen (secondary N) is 1. The highest BCUT2D eigenvalue weighted by Crippen LogP contribution is 2.22. The van der Waals surface area contributed by atoms with Crippen molar-refractivity contribution < 1.29 is 13.2 Å². The molecule has 0 bridgehead atoms. The molecule has 2 aromatic carbocycles. The Hall–Kier alpha value is -2.34. The first-order valence-corrected chi connectivity index (χ1v) is 10.5. The minimum atomic E-state index is -3.63. The van der Waals surface area contributed by atoms with Gasteiger partial charge in [-0.25, -0.2) is 8.42 Å². The molecule has 5 nitrogen and oxygen atoms in total. The second-order valence-corrected chi connectivity index (χ2v) is 9.29. The Morgan fingerprint density at radius 2 is 1.41 bits per heavy atom. The molecule has 0 saturated carbocycles. The lowest BCUT2D eigenvalue weighted by Gasteiger charge is -2.26. The van der Waals surface area contributed by atoms with E-state index < -0.39 is 10.0 Å². The molecule has 146 valence electrons. The van der Waals surface area contributed by atoms with Crippen LogP contribution in [0.4, 0.5) is 5.69 Å². The highest BCUT2D eigenvalue weighted by Gasteiger charge is 2.22. The Kier molecular flexibility index (Phi) is 6.65. The molecule has 0 heterocycles. The van der Waals surface area contributed by atoms with Gasteiger partial charge in [-0.05, 0) is 48.2 Å². The number of benzene rings is 2. The lowest BCUT2D eigenvalue weighted by molar-refractivity contribution is 0.0910. The summed E-state index contributed by atoms with van der Waals surface area (Å²) in [5, 5.41) is 3.07. The van der Waals surface area contributed by atoms with E-state index in [0.29, 0.717) is 23.1 Å². The van der Waals surface area contributed by atoms with E-state index in [-0.39, 0.29) is 16.8 Å². The van der Waals surface area contributed by atoms with Gasteiger partial charge in [0, 0.05) is 18.7 Å². The lowest BCUT2D eigenvalue weighted by Crippen LogP contribution is -2.42. The van der Waals surface area contributed by atoms with E-state index in [4.69, 9.17) is 0 Å². The molecular weight excluding hydrogens is 360 g/mol. The van der Waals surface area contributed by atoms with Gasteiger partial charge in [0.05, 0.1) is 10.6 Å². The summed E-state index contributed by atoms with van der Waals surface area (Å²) < 4.78 is 26.6. The Bertz CT molecular complexity index is 852. The van der Waals surface area contributed by atoms with Crippen molar-refractivity contribution in [2.45, 2.75) is 38.6 Å². The van der Waals surface area contributed by atoms with E-state index in [0.717, 1.165) is 0 Å².